The third-order valence-corrected chi connectivity index (χ3v) is 2.84. The molecule has 2 unspecified atom stereocenters. The number of hydrogen-bond acceptors (Lipinski definition) is 3. The highest BCUT2D eigenvalue weighted by Gasteiger charge is 2.25. The van der Waals surface area contributed by atoms with Gasteiger partial charge < -0.3 is 10.5 Å². The molecule has 3 nitrogen and oxygen atoms in total. The van der Waals surface area contributed by atoms with Gasteiger partial charge in [0.25, 0.3) is 0 Å². The predicted molar refractivity (Wildman–Crippen MR) is 63.9 cm³/mol. The van der Waals surface area contributed by atoms with E-state index in [0.717, 1.165) is 5.56 Å². The number of ether oxygens (including phenoxy) is 1. The van der Waals surface area contributed by atoms with Crippen LogP contribution in [0.3, 0.4) is 0 Å². The Morgan fingerprint density at radius 1 is 1.38 bits per heavy atom. The van der Waals surface area contributed by atoms with E-state index in [1.807, 2.05) is 38.1 Å². The minimum atomic E-state index is -0.293. The first kappa shape index (κ1) is 12.7. The summed E-state index contributed by atoms with van der Waals surface area (Å²) in [5.41, 5.74) is 8.23. The van der Waals surface area contributed by atoms with Gasteiger partial charge >= 0.3 is 5.97 Å². The quantitative estimate of drug-likeness (QED) is 0.793. The summed E-state index contributed by atoms with van der Waals surface area (Å²) in [6.45, 7) is 3.96. The first-order chi connectivity index (χ1) is 7.60. The van der Waals surface area contributed by atoms with Crippen molar-refractivity contribution in [1.82, 2.24) is 0 Å². The minimum absolute atomic E-state index is 0.240. The van der Waals surface area contributed by atoms with Crippen LogP contribution in [0.15, 0.2) is 24.3 Å². The lowest BCUT2D eigenvalue weighted by atomic mass is 9.91. The highest BCUT2D eigenvalue weighted by atomic mass is 16.5. The molecule has 0 aromatic heterocycles. The van der Waals surface area contributed by atoms with Crippen molar-refractivity contribution in [1.29, 1.82) is 0 Å². The molecular weight excluding hydrogens is 202 g/mol. The predicted octanol–water partition coefficient (Wildman–Crippen LogP) is 2.19. The Bertz CT molecular complexity index is 345. The summed E-state index contributed by atoms with van der Waals surface area (Å²) < 4.78 is 4.75. The van der Waals surface area contributed by atoms with Crippen molar-refractivity contribution < 1.29 is 9.53 Å². The van der Waals surface area contributed by atoms with Crippen LogP contribution in [0.4, 0.5) is 0 Å². The van der Waals surface area contributed by atoms with Crippen LogP contribution in [0, 0.1) is 12.8 Å². The smallest absolute Gasteiger partial charge is 0.310 e. The molecule has 2 N–H and O–H groups in total. The Morgan fingerprint density at radius 2 is 1.94 bits per heavy atom. The average Bonchev–Trinajstić information content (AvgIpc) is 2.30. The Balaban J connectivity index is 2.86. The number of aryl methyl sites for hydroxylation is 1. The van der Waals surface area contributed by atoms with Crippen LogP contribution >= 0.6 is 0 Å². The highest BCUT2D eigenvalue weighted by Crippen LogP contribution is 2.23. The van der Waals surface area contributed by atoms with Gasteiger partial charge in [-0.1, -0.05) is 36.8 Å². The molecule has 0 saturated heterocycles. The van der Waals surface area contributed by atoms with Gasteiger partial charge in [-0.05, 0) is 18.9 Å². The molecule has 0 amide bonds. The number of carbonyl (C=O) groups excluding carboxylic acids is 1. The summed E-state index contributed by atoms with van der Waals surface area (Å²) in [6, 6.07) is 7.63. The second kappa shape index (κ2) is 5.66. The summed E-state index contributed by atoms with van der Waals surface area (Å²) >= 11 is 0. The molecular formula is C13H19NO2. The maximum absolute atomic E-state index is 11.5. The number of esters is 1. The third kappa shape index (κ3) is 2.83. The van der Waals surface area contributed by atoms with E-state index in [1.165, 1.54) is 12.7 Å². The van der Waals surface area contributed by atoms with Crippen molar-refractivity contribution in [3.8, 4) is 0 Å². The molecule has 16 heavy (non-hydrogen) atoms. The molecule has 0 heterocycles. The normalized spacial score (nSPS) is 14.2. The highest BCUT2D eigenvalue weighted by molar-refractivity contribution is 5.73. The van der Waals surface area contributed by atoms with Crippen molar-refractivity contribution in [3.05, 3.63) is 35.4 Å². The molecule has 0 aliphatic carbocycles. The van der Waals surface area contributed by atoms with Gasteiger partial charge in [0, 0.05) is 6.04 Å². The number of nitrogens with two attached hydrogens (primary N) is 1. The fraction of sp³-hybridized carbons (Fsp3) is 0.462. The summed E-state index contributed by atoms with van der Waals surface area (Å²) in [6.07, 6.45) is 0.682. The van der Waals surface area contributed by atoms with E-state index in [-0.39, 0.29) is 17.9 Å². The van der Waals surface area contributed by atoms with E-state index >= 15 is 0 Å². The Labute approximate surface area is 96.6 Å². The van der Waals surface area contributed by atoms with Crippen molar-refractivity contribution in [2.75, 3.05) is 7.11 Å². The van der Waals surface area contributed by atoms with Gasteiger partial charge in [0.05, 0.1) is 13.0 Å². The van der Waals surface area contributed by atoms with Gasteiger partial charge in [-0.25, -0.2) is 0 Å². The van der Waals surface area contributed by atoms with Crippen LogP contribution in [0.2, 0.25) is 0 Å². The Kier molecular flexibility index (Phi) is 4.50. The van der Waals surface area contributed by atoms with Crippen LogP contribution in [-0.2, 0) is 9.53 Å². The molecule has 0 aliphatic heterocycles. The van der Waals surface area contributed by atoms with Crippen molar-refractivity contribution >= 4 is 5.97 Å². The van der Waals surface area contributed by atoms with Crippen LogP contribution in [0.5, 0.6) is 0 Å². The second-order valence-electron chi connectivity index (χ2n) is 3.97. The summed E-state index contributed by atoms with van der Waals surface area (Å²) in [5.74, 6) is -0.511. The van der Waals surface area contributed by atoms with Gasteiger partial charge in [-0.2, -0.15) is 0 Å². The number of carbonyl (C=O) groups is 1. The Morgan fingerprint density at radius 3 is 2.38 bits per heavy atom. The van der Waals surface area contributed by atoms with Crippen LogP contribution in [0.25, 0.3) is 0 Å². The monoisotopic (exact) mass is 221 g/mol. The van der Waals surface area contributed by atoms with E-state index in [4.69, 9.17) is 10.5 Å². The largest absolute Gasteiger partial charge is 0.469 e. The molecule has 1 aromatic rings. The van der Waals surface area contributed by atoms with Crippen molar-refractivity contribution in [3.63, 3.8) is 0 Å². The van der Waals surface area contributed by atoms with Crippen LogP contribution in [0.1, 0.15) is 30.5 Å². The van der Waals surface area contributed by atoms with Crippen LogP contribution < -0.4 is 5.73 Å². The summed E-state index contributed by atoms with van der Waals surface area (Å²) in [5, 5.41) is 0. The zero-order valence-electron chi connectivity index (χ0n) is 10.1. The van der Waals surface area contributed by atoms with E-state index in [0.29, 0.717) is 6.42 Å². The number of benzene rings is 1. The van der Waals surface area contributed by atoms with Crippen molar-refractivity contribution in [2.24, 2.45) is 11.7 Å². The third-order valence-electron chi connectivity index (χ3n) is 2.84. The average molecular weight is 221 g/mol. The van der Waals surface area contributed by atoms with E-state index in [2.05, 4.69) is 0 Å². The number of methoxy groups -OCH3 is 1. The molecule has 1 rings (SSSR count). The number of rotatable bonds is 4. The van der Waals surface area contributed by atoms with Gasteiger partial charge in [0.2, 0.25) is 0 Å². The van der Waals surface area contributed by atoms with Crippen LogP contribution in [-0.4, -0.2) is 13.1 Å². The maximum Gasteiger partial charge on any atom is 0.310 e. The first-order valence-electron chi connectivity index (χ1n) is 5.50. The summed E-state index contributed by atoms with van der Waals surface area (Å²) in [4.78, 5) is 11.5. The second-order valence-corrected chi connectivity index (χ2v) is 3.97. The number of hydrogen-bond donors (Lipinski definition) is 1. The lowest BCUT2D eigenvalue weighted by Gasteiger charge is -2.20. The topological polar surface area (TPSA) is 52.3 Å². The minimum Gasteiger partial charge on any atom is -0.469 e. The molecule has 0 radical (unpaired) electrons. The lowest BCUT2D eigenvalue weighted by molar-refractivity contribution is -0.146. The molecule has 0 spiro atoms. The zero-order valence-corrected chi connectivity index (χ0v) is 10.1. The fourth-order valence-electron chi connectivity index (χ4n) is 1.74. The van der Waals surface area contributed by atoms with Crippen molar-refractivity contribution in [2.45, 2.75) is 26.3 Å². The van der Waals surface area contributed by atoms with E-state index < -0.39 is 0 Å². The molecule has 88 valence electrons. The fourth-order valence-corrected chi connectivity index (χ4v) is 1.74. The van der Waals surface area contributed by atoms with Gasteiger partial charge in [0.15, 0.2) is 0 Å². The molecule has 0 bridgehead atoms. The molecule has 3 heteroatoms. The molecule has 2 atom stereocenters. The van der Waals surface area contributed by atoms with Gasteiger partial charge in [-0.3, -0.25) is 4.79 Å². The van der Waals surface area contributed by atoms with Gasteiger partial charge in [-0.15, -0.1) is 0 Å². The molecule has 0 saturated carbocycles. The van der Waals surface area contributed by atoms with Gasteiger partial charge in [0.1, 0.15) is 0 Å². The maximum atomic E-state index is 11.5. The zero-order chi connectivity index (χ0) is 12.1. The standard InChI is InChI=1S/C13H19NO2/c1-4-11(13(15)16-3)12(14)10-7-5-9(2)6-8-10/h5-8,11-12H,4,14H2,1-3H3. The SMILES string of the molecule is CCC(C(=O)OC)C(N)c1ccc(C)cc1. The molecule has 1 aromatic carbocycles. The Hall–Kier alpha value is -1.35. The lowest BCUT2D eigenvalue weighted by Crippen LogP contribution is -2.28. The van der Waals surface area contributed by atoms with E-state index in [1.54, 1.807) is 0 Å². The first-order valence-corrected chi connectivity index (χ1v) is 5.50. The molecule has 0 fully saturated rings. The van der Waals surface area contributed by atoms with E-state index in [9.17, 15) is 4.79 Å². The summed E-state index contributed by atoms with van der Waals surface area (Å²) in [7, 11) is 1.40. The molecule has 0 aliphatic rings.